The van der Waals surface area contributed by atoms with E-state index in [1.54, 1.807) is 6.07 Å². The van der Waals surface area contributed by atoms with Crippen molar-refractivity contribution in [1.29, 1.82) is 0 Å². The van der Waals surface area contributed by atoms with Crippen LogP contribution in [0.25, 0.3) is 0 Å². The van der Waals surface area contributed by atoms with Gasteiger partial charge in [-0.1, -0.05) is 6.92 Å². The molecule has 0 aromatic carbocycles. The van der Waals surface area contributed by atoms with E-state index in [0.29, 0.717) is 0 Å². The highest BCUT2D eigenvalue weighted by Gasteiger charge is 2.27. The molecule has 21 heavy (non-hydrogen) atoms. The molecule has 1 fully saturated rings. The van der Waals surface area contributed by atoms with Gasteiger partial charge in [-0.2, -0.15) is 0 Å². The van der Waals surface area contributed by atoms with E-state index < -0.39 is 0 Å². The third-order valence-electron chi connectivity index (χ3n) is 3.80. The quantitative estimate of drug-likeness (QED) is 0.874. The summed E-state index contributed by atoms with van der Waals surface area (Å²) in [5, 5.41) is 3.44. The van der Waals surface area contributed by atoms with Gasteiger partial charge in [0.25, 0.3) is 0 Å². The summed E-state index contributed by atoms with van der Waals surface area (Å²) in [5.74, 6) is -0.288. The van der Waals surface area contributed by atoms with E-state index in [9.17, 15) is 4.39 Å². The highest BCUT2D eigenvalue weighted by Crippen LogP contribution is 2.19. The molecule has 0 radical (unpaired) electrons. The fourth-order valence-corrected chi connectivity index (χ4v) is 2.81. The van der Waals surface area contributed by atoms with Crippen molar-refractivity contribution in [2.75, 3.05) is 32.8 Å². The van der Waals surface area contributed by atoms with Gasteiger partial charge in [-0.15, -0.1) is 0 Å². The van der Waals surface area contributed by atoms with Crippen LogP contribution in [0.15, 0.2) is 18.3 Å². The molecule has 0 bridgehead atoms. The zero-order chi connectivity index (χ0) is 15.3. The van der Waals surface area contributed by atoms with Gasteiger partial charge in [0.2, 0.25) is 0 Å². The fraction of sp³-hybridized carbons (Fsp3) is 0.688. The first-order valence-electron chi connectivity index (χ1n) is 7.71. The average molecular weight is 295 g/mol. The summed E-state index contributed by atoms with van der Waals surface area (Å²) in [6.45, 7) is 10.9. The minimum atomic E-state index is -0.288. The second kappa shape index (κ2) is 7.29. The first kappa shape index (κ1) is 16.3. The number of ether oxygens (including phenoxy) is 1. The van der Waals surface area contributed by atoms with Crippen LogP contribution < -0.4 is 5.32 Å². The van der Waals surface area contributed by atoms with E-state index in [4.69, 9.17) is 4.74 Å². The molecule has 0 amide bonds. The Balaban J connectivity index is 1.92. The van der Waals surface area contributed by atoms with Crippen molar-refractivity contribution < 1.29 is 9.13 Å². The molecule has 1 aromatic rings. The maximum absolute atomic E-state index is 13.0. The minimum absolute atomic E-state index is 0.0694. The second-order valence-electron chi connectivity index (χ2n) is 6.18. The van der Waals surface area contributed by atoms with Gasteiger partial charge in [0.05, 0.1) is 30.1 Å². The summed E-state index contributed by atoms with van der Waals surface area (Å²) < 4.78 is 18.7. The van der Waals surface area contributed by atoms with Crippen molar-refractivity contribution in [2.45, 2.75) is 38.8 Å². The predicted molar refractivity (Wildman–Crippen MR) is 81.7 cm³/mol. The number of hydrogen-bond acceptors (Lipinski definition) is 4. The lowest BCUT2D eigenvalue weighted by molar-refractivity contribution is -0.0864. The third kappa shape index (κ3) is 5.02. The standard InChI is InChI=1S/C16H26FN3O/c1-4-18-15(14-6-5-13(17)11-19-14)7-8-20-9-10-21-16(2,3)12-20/h5-6,11,15,18H,4,7-10,12H2,1-3H3. The summed E-state index contributed by atoms with van der Waals surface area (Å²) in [4.78, 5) is 6.64. The Morgan fingerprint density at radius 1 is 1.48 bits per heavy atom. The number of hydrogen-bond donors (Lipinski definition) is 1. The zero-order valence-electron chi connectivity index (χ0n) is 13.2. The number of aromatic nitrogens is 1. The first-order valence-corrected chi connectivity index (χ1v) is 7.71. The Bertz CT molecular complexity index is 436. The molecule has 1 aliphatic heterocycles. The molecule has 1 aliphatic rings. The van der Waals surface area contributed by atoms with Gasteiger partial charge >= 0.3 is 0 Å². The van der Waals surface area contributed by atoms with Crippen molar-refractivity contribution >= 4 is 0 Å². The average Bonchev–Trinajstić information content (AvgIpc) is 2.43. The maximum Gasteiger partial charge on any atom is 0.141 e. The molecule has 0 aliphatic carbocycles. The van der Waals surface area contributed by atoms with Crippen molar-refractivity contribution in [2.24, 2.45) is 0 Å². The van der Waals surface area contributed by atoms with Gasteiger partial charge in [-0.25, -0.2) is 4.39 Å². The molecule has 1 N–H and O–H groups in total. The number of nitrogens with zero attached hydrogens (tertiary/aromatic N) is 2. The van der Waals surface area contributed by atoms with E-state index in [1.807, 2.05) is 0 Å². The number of morpholine rings is 1. The summed E-state index contributed by atoms with van der Waals surface area (Å²) >= 11 is 0. The van der Waals surface area contributed by atoms with Crippen molar-refractivity contribution in [3.63, 3.8) is 0 Å². The number of nitrogens with one attached hydrogen (secondary N) is 1. The highest BCUT2D eigenvalue weighted by molar-refractivity contribution is 5.10. The summed E-state index contributed by atoms with van der Waals surface area (Å²) in [6, 6.07) is 3.41. The highest BCUT2D eigenvalue weighted by atomic mass is 19.1. The van der Waals surface area contributed by atoms with Crippen LogP contribution in [-0.4, -0.2) is 48.3 Å². The molecule has 2 heterocycles. The van der Waals surface area contributed by atoms with E-state index in [0.717, 1.165) is 44.9 Å². The van der Waals surface area contributed by atoms with Crippen LogP contribution in [0.1, 0.15) is 38.9 Å². The van der Waals surface area contributed by atoms with E-state index in [2.05, 4.69) is 36.0 Å². The summed E-state index contributed by atoms with van der Waals surface area (Å²) in [5.41, 5.74) is 0.839. The van der Waals surface area contributed by atoms with E-state index in [1.165, 1.54) is 12.3 Å². The lowest BCUT2D eigenvalue weighted by Gasteiger charge is -2.38. The van der Waals surface area contributed by atoms with Gasteiger partial charge < -0.3 is 10.1 Å². The van der Waals surface area contributed by atoms with Crippen LogP contribution in [0, 0.1) is 5.82 Å². The zero-order valence-corrected chi connectivity index (χ0v) is 13.2. The van der Waals surface area contributed by atoms with Gasteiger partial charge in [0.1, 0.15) is 5.82 Å². The van der Waals surface area contributed by atoms with Crippen LogP contribution >= 0.6 is 0 Å². The Hall–Kier alpha value is -1.04. The smallest absolute Gasteiger partial charge is 0.141 e. The molecule has 4 nitrogen and oxygen atoms in total. The van der Waals surface area contributed by atoms with E-state index >= 15 is 0 Å². The van der Waals surface area contributed by atoms with Crippen molar-refractivity contribution in [3.05, 3.63) is 29.8 Å². The molecule has 1 saturated heterocycles. The lowest BCUT2D eigenvalue weighted by atomic mass is 10.1. The van der Waals surface area contributed by atoms with Crippen molar-refractivity contribution in [3.8, 4) is 0 Å². The van der Waals surface area contributed by atoms with Crippen molar-refractivity contribution in [1.82, 2.24) is 15.2 Å². The molecule has 0 spiro atoms. The topological polar surface area (TPSA) is 37.4 Å². The predicted octanol–water partition coefficient (Wildman–Crippen LogP) is 2.37. The first-order chi connectivity index (χ1) is 10.00. The maximum atomic E-state index is 13.0. The lowest BCUT2D eigenvalue weighted by Crippen LogP contribution is -2.48. The number of halogens is 1. The monoisotopic (exact) mass is 295 g/mol. The Kier molecular flexibility index (Phi) is 5.67. The minimum Gasteiger partial charge on any atom is -0.373 e. The van der Waals surface area contributed by atoms with E-state index in [-0.39, 0.29) is 17.5 Å². The molecular formula is C16H26FN3O. The molecule has 1 aromatic heterocycles. The second-order valence-corrected chi connectivity index (χ2v) is 6.18. The third-order valence-corrected chi connectivity index (χ3v) is 3.80. The van der Waals surface area contributed by atoms with Crippen LogP contribution in [0.4, 0.5) is 4.39 Å². The van der Waals surface area contributed by atoms with Gasteiger partial charge in [-0.3, -0.25) is 9.88 Å². The normalized spacial score (nSPS) is 20.4. The SMILES string of the molecule is CCNC(CCN1CCOC(C)(C)C1)c1ccc(F)cn1. The fourth-order valence-electron chi connectivity index (χ4n) is 2.81. The van der Waals surface area contributed by atoms with Gasteiger partial charge in [0.15, 0.2) is 0 Å². The molecule has 1 unspecified atom stereocenters. The molecule has 5 heteroatoms. The number of rotatable bonds is 6. The van der Waals surface area contributed by atoms with Crippen LogP contribution in [0.2, 0.25) is 0 Å². The largest absolute Gasteiger partial charge is 0.373 e. The molecule has 2 rings (SSSR count). The van der Waals surface area contributed by atoms with Crippen LogP contribution in [-0.2, 0) is 4.74 Å². The van der Waals surface area contributed by atoms with Crippen LogP contribution in [0.3, 0.4) is 0 Å². The summed E-state index contributed by atoms with van der Waals surface area (Å²) in [7, 11) is 0. The van der Waals surface area contributed by atoms with Gasteiger partial charge in [0, 0.05) is 19.6 Å². The van der Waals surface area contributed by atoms with Gasteiger partial charge in [-0.05, 0) is 38.9 Å². The molecule has 1 atom stereocenters. The number of pyridine rings is 1. The molecule has 118 valence electrons. The summed E-state index contributed by atoms with van der Waals surface area (Å²) in [6.07, 6.45) is 2.25. The Morgan fingerprint density at radius 2 is 2.29 bits per heavy atom. The Labute approximate surface area is 126 Å². The molecule has 0 saturated carbocycles. The molecular weight excluding hydrogens is 269 g/mol. The Morgan fingerprint density at radius 3 is 2.90 bits per heavy atom. The van der Waals surface area contributed by atoms with Crippen LogP contribution in [0.5, 0.6) is 0 Å².